The molecule has 24 heavy (non-hydrogen) atoms. The fraction of sp³-hybridized carbons (Fsp3) is 0.133. The summed E-state index contributed by atoms with van der Waals surface area (Å²) in [6, 6.07) is 10.9. The molecule has 0 amide bonds. The standard InChI is InChI=1S/C15H13N3O4S2/c1-2-22-15(19)10-5-3-6-11(9-10)18-24(20,21)13-8-4-7-12-14(13)17-23-16-12/h3-9,18H,2H2,1H3. The predicted octanol–water partition coefficient (Wildman–Crippen LogP) is 2.67. The van der Waals surface area contributed by atoms with Crippen molar-refractivity contribution in [1.82, 2.24) is 8.75 Å². The topological polar surface area (TPSA) is 98.2 Å². The van der Waals surface area contributed by atoms with Crippen molar-refractivity contribution in [3.63, 3.8) is 0 Å². The molecule has 0 saturated heterocycles. The number of rotatable bonds is 5. The van der Waals surface area contributed by atoms with Crippen LogP contribution in [0.25, 0.3) is 11.0 Å². The summed E-state index contributed by atoms with van der Waals surface area (Å²) in [7, 11) is -3.86. The molecule has 0 aliphatic carbocycles. The number of nitrogens with one attached hydrogen (secondary N) is 1. The van der Waals surface area contributed by atoms with Gasteiger partial charge in [-0.2, -0.15) is 8.75 Å². The Morgan fingerprint density at radius 1 is 1.21 bits per heavy atom. The highest BCUT2D eigenvalue weighted by atomic mass is 32.2. The first-order valence-corrected chi connectivity index (χ1v) is 9.24. The fourth-order valence-corrected chi connectivity index (χ4v) is 3.95. The van der Waals surface area contributed by atoms with Crippen molar-refractivity contribution in [2.75, 3.05) is 11.3 Å². The van der Waals surface area contributed by atoms with Gasteiger partial charge in [0, 0.05) is 5.69 Å². The van der Waals surface area contributed by atoms with Gasteiger partial charge in [0.2, 0.25) is 0 Å². The first kappa shape index (κ1) is 16.3. The lowest BCUT2D eigenvalue weighted by molar-refractivity contribution is 0.0526. The van der Waals surface area contributed by atoms with Crippen LogP contribution in [-0.2, 0) is 14.8 Å². The summed E-state index contributed by atoms with van der Waals surface area (Å²) in [5.74, 6) is -0.510. The van der Waals surface area contributed by atoms with Crippen LogP contribution in [0, 0.1) is 0 Å². The van der Waals surface area contributed by atoms with Crippen LogP contribution in [0.5, 0.6) is 0 Å². The Morgan fingerprint density at radius 2 is 2.00 bits per heavy atom. The van der Waals surface area contributed by atoms with E-state index >= 15 is 0 Å². The second kappa shape index (κ2) is 6.54. The Morgan fingerprint density at radius 3 is 2.79 bits per heavy atom. The first-order chi connectivity index (χ1) is 11.5. The number of sulfonamides is 1. The quantitative estimate of drug-likeness (QED) is 0.700. The highest BCUT2D eigenvalue weighted by Crippen LogP contribution is 2.24. The highest BCUT2D eigenvalue weighted by Gasteiger charge is 2.20. The minimum absolute atomic E-state index is 0.0373. The number of anilines is 1. The van der Waals surface area contributed by atoms with Crippen LogP contribution in [0.4, 0.5) is 5.69 Å². The molecule has 0 fully saturated rings. The number of fused-ring (bicyclic) bond motifs is 1. The Labute approximate surface area is 142 Å². The second-order valence-corrected chi connectivity index (χ2v) is 6.97. The van der Waals surface area contributed by atoms with Crippen molar-refractivity contribution in [2.45, 2.75) is 11.8 Å². The van der Waals surface area contributed by atoms with Crippen molar-refractivity contribution < 1.29 is 17.9 Å². The summed E-state index contributed by atoms with van der Waals surface area (Å²) >= 11 is 0.948. The molecular formula is C15H13N3O4S2. The zero-order chi connectivity index (χ0) is 17.2. The maximum atomic E-state index is 12.6. The number of benzene rings is 2. The van der Waals surface area contributed by atoms with E-state index in [2.05, 4.69) is 13.5 Å². The lowest BCUT2D eigenvalue weighted by Crippen LogP contribution is -2.14. The van der Waals surface area contributed by atoms with Crippen LogP contribution in [-0.4, -0.2) is 29.7 Å². The molecule has 3 aromatic rings. The number of carbonyl (C=O) groups excluding carboxylic acids is 1. The van der Waals surface area contributed by atoms with E-state index in [1.807, 2.05) is 0 Å². The van der Waals surface area contributed by atoms with E-state index in [0.29, 0.717) is 11.0 Å². The number of hydrogen-bond acceptors (Lipinski definition) is 7. The predicted molar refractivity (Wildman–Crippen MR) is 90.6 cm³/mol. The van der Waals surface area contributed by atoms with Gasteiger partial charge in [-0.1, -0.05) is 12.1 Å². The summed E-state index contributed by atoms with van der Waals surface area (Å²) < 4.78 is 40.7. The van der Waals surface area contributed by atoms with E-state index in [1.54, 1.807) is 37.3 Å². The second-order valence-electron chi connectivity index (χ2n) is 4.79. The van der Waals surface area contributed by atoms with Gasteiger partial charge in [-0.25, -0.2) is 13.2 Å². The highest BCUT2D eigenvalue weighted by molar-refractivity contribution is 7.93. The molecule has 1 N–H and O–H groups in total. The monoisotopic (exact) mass is 363 g/mol. The van der Waals surface area contributed by atoms with Gasteiger partial charge in [0.05, 0.1) is 23.9 Å². The Bertz CT molecular complexity index is 999. The fourth-order valence-electron chi connectivity index (χ4n) is 2.13. The molecule has 1 heterocycles. The summed E-state index contributed by atoms with van der Waals surface area (Å²) in [5.41, 5.74) is 1.37. The molecule has 0 atom stereocenters. The molecule has 0 radical (unpaired) electrons. The van der Waals surface area contributed by atoms with Crippen LogP contribution in [0.15, 0.2) is 47.4 Å². The molecule has 1 aromatic heterocycles. The van der Waals surface area contributed by atoms with E-state index in [0.717, 1.165) is 11.7 Å². The Balaban J connectivity index is 1.94. The molecule has 0 spiro atoms. The molecule has 0 aliphatic rings. The molecule has 0 saturated carbocycles. The lowest BCUT2D eigenvalue weighted by atomic mass is 10.2. The molecule has 0 unspecified atom stereocenters. The van der Waals surface area contributed by atoms with E-state index in [9.17, 15) is 13.2 Å². The minimum atomic E-state index is -3.86. The van der Waals surface area contributed by atoms with Crippen molar-refractivity contribution in [3.8, 4) is 0 Å². The maximum absolute atomic E-state index is 12.6. The van der Waals surface area contributed by atoms with Gasteiger partial charge in [-0.15, -0.1) is 0 Å². The van der Waals surface area contributed by atoms with Gasteiger partial charge in [-0.05, 0) is 37.3 Å². The smallest absolute Gasteiger partial charge is 0.338 e. The minimum Gasteiger partial charge on any atom is -0.462 e. The molecule has 124 valence electrons. The van der Waals surface area contributed by atoms with Crippen molar-refractivity contribution >= 4 is 44.4 Å². The number of carbonyl (C=O) groups is 1. The summed E-state index contributed by atoms with van der Waals surface area (Å²) in [4.78, 5) is 11.8. The third kappa shape index (κ3) is 3.22. The Kier molecular flexibility index (Phi) is 4.45. The molecule has 3 rings (SSSR count). The zero-order valence-corrected chi connectivity index (χ0v) is 14.2. The van der Waals surface area contributed by atoms with Gasteiger partial charge < -0.3 is 4.74 Å². The van der Waals surface area contributed by atoms with Crippen LogP contribution in [0.3, 0.4) is 0 Å². The van der Waals surface area contributed by atoms with Gasteiger partial charge in [0.25, 0.3) is 10.0 Å². The van der Waals surface area contributed by atoms with Crippen molar-refractivity contribution in [3.05, 3.63) is 48.0 Å². The summed E-state index contributed by atoms with van der Waals surface area (Å²) in [6.07, 6.45) is 0. The van der Waals surface area contributed by atoms with E-state index in [4.69, 9.17) is 4.74 Å². The summed E-state index contributed by atoms with van der Waals surface area (Å²) in [6.45, 7) is 1.95. The zero-order valence-electron chi connectivity index (χ0n) is 12.6. The number of esters is 1. The third-order valence-electron chi connectivity index (χ3n) is 3.16. The van der Waals surface area contributed by atoms with Gasteiger partial charge in [0.15, 0.2) is 0 Å². The molecular weight excluding hydrogens is 350 g/mol. The largest absolute Gasteiger partial charge is 0.462 e. The average Bonchev–Trinajstić information content (AvgIpc) is 3.03. The summed E-state index contributed by atoms with van der Waals surface area (Å²) in [5, 5.41) is 0. The maximum Gasteiger partial charge on any atom is 0.338 e. The number of aromatic nitrogens is 2. The normalized spacial score (nSPS) is 11.4. The Hall–Kier alpha value is -2.52. The van der Waals surface area contributed by atoms with Gasteiger partial charge >= 0.3 is 5.97 Å². The number of nitrogens with zero attached hydrogens (tertiary/aromatic N) is 2. The van der Waals surface area contributed by atoms with E-state index in [-0.39, 0.29) is 22.8 Å². The first-order valence-electron chi connectivity index (χ1n) is 7.02. The number of hydrogen-bond donors (Lipinski definition) is 1. The van der Waals surface area contributed by atoms with Crippen LogP contribution in [0.1, 0.15) is 17.3 Å². The van der Waals surface area contributed by atoms with E-state index < -0.39 is 16.0 Å². The molecule has 7 nitrogen and oxygen atoms in total. The molecule has 0 aliphatic heterocycles. The van der Waals surface area contributed by atoms with Gasteiger partial charge in [0.1, 0.15) is 15.9 Å². The van der Waals surface area contributed by atoms with Crippen LogP contribution in [0.2, 0.25) is 0 Å². The van der Waals surface area contributed by atoms with Crippen LogP contribution >= 0.6 is 11.7 Å². The number of ether oxygens (including phenoxy) is 1. The van der Waals surface area contributed by atoms with Gasteiger partial charge in [-0.3, -0.25) is 4.72 Å². The SMILES string of the molecule is CCOC(=O)c1cccc(NS(=O)(=O)c2cccc3nsnc23)c1. The molecule has 2 aromatic carbocycles. The van der Waals surface area contributed by atoms with E-state index in [1.165, 1.54) is 12.1 Å². The lowest BCUT2D eigenvalue weighted by Gasteiger charge is -2.09. The molecule has 0 bridgehead atoms. The van der Waals surface area contributed by atoms with Crippen molar-refractivity contribution in [1.29, 1.82) is 0 Å². The van der Waals surface area contributed by atoms with Crippen molar-refractivity contribution in [2.24, 2.45) is 0 Å². The van der Waals surface area contributed by atoms with Crippen LogP contribution < -0.4 is 4.72 Å². The average molecular weight is 363 g/mol. The molecule has 9 heteroatoms. The third-order valence-corrected chi connectivity index (χ3v) is 5.12.